The van der Waals surface area contributed by atoms with Crippen molar-refractivity contribution >= 4 is 11.9 Å². The van der Waals surface area contributed by atoms with Gasteiger partial charge < -0.3 is 20.1 Å². The van der Waals surface area contributed by atoms with Crippen LogP contribution in [0.15, 0.2) is 0 Å². The molecule has 18 heavy (non-hydrogen) atoms. The molecule has 1 atom stereocenters. The SMILES string of the molecule is CNC(=O)NC(=O)C(C)NCCCOCCOC. The average Bonchev–Trinajstić information content (AvgIpc) is 2.37. The van der Waals surface area contributed by atoms with Crippen molar-refractivity contribution in [2.75, 3.05) is 40.5 Å². The van der Waals surface area contributed by atoms with Gasteiger partial charge in [0, 0.05) is 20.8 Å². The third kappa shape index (κ3) is 8.91. The summed E-state index contributed by atoms with van der Waals surface area (Å²) in [6.07, 6.45) is 0.793. The van der Waals surface area contributed by atoms with Crippen LogP contribution in [-0.4, -0.2) is 58.5 Å². The molecule has 0 saturated carbocycles. The monoisotopic (exact) mass is 261 g/mol. The Morgan fingerprint density at radius 3 is 2.56 bits per heavy atom. The molecular formula is C11H23N3O4. The topological polar surface area (TPSA) is 88.7 Å². The number of imide groups is 1. The molecule has 106 valence electrons. The molecule has 0 aromatic carbocycles. The molecule has 0 bridgehead atoms. The van der Waals surface area contributed by atoms with Crippen molar-refractivity contribution in [2.24, 2.45) is 0 Å². The number of rotatable bonds is 9. The van der Waals surface area contributed by atoms with E-state index in [-0.39, 0.29) is 5.91 Å². The number of urea groups is 1. The fraction of sp³-hybridized carbons (Fsp3) is 0.818. The molecule has 0 rings (SSSR count). The Hall–Kier alpha value is -1.18. The van der Waals surface area contributed by atoms with E-state index in [0.717, 1.165) is 6.42 Å². The minimum Gasteiger partial charge on any atom is -0.382 e. The number of ether oxygens (including phenoxy) is 2. The zero-order chi connectivity index (χ0) is 13.8. The summed E-state index contributed by atoms with van der Waals surface area (Å²) < 4.78 is 10.1. The molecule has 7 nitrogen and oxygen atoms in total. The van der Waals surface area contributed by atoms with E-state index >= 15 is 0 Å². The highest BCUT2D eigenvalue weighted by Crippen LogP contribution is 1.86. The summed E-state index contributed by atoms with van der Waals surface area (Å²) in [7, 11) is 3.08. The van der Waals surface area contributed by atoms with Crippen LogP contribution in [0, 0.1) is 0 Å². The standard InChI is InChI=1S/C11H23N3O4/c1-9(10(15)14-11(16)12-2)13-5-4-6-18-8-7-17-3/h9,13H,4-8H2,1-3H3,(H2,12,14,15,16). The smallest absolute Gasteiger partial charge is 0.321 e. The summed E-state index contributed by atoms with van der Waals surface area (Å²) >= 11 is 0. The fourth-order valence-corrected chi connectivity index (χ4v) is 1.11. The van der Waals surface area contributed by atoms with E-state index in [1.165, 1.54) is 7.05 Å². The lowest BCUT2D eigenvalue weighted by molar-refractivity contribution is -0.121. The van der Waals surface area contributed by atoms with Gasteiger partial charge >= 0.3 is 6.03 Å². The zero-order valence-corrected chi connectivity index (χ0v) is 11.2. The van der Waals surface area contributed by atoms with E-state index in [4.69, 9.17) is 9.47 Å². The highest BCUT2D eigenvalue weighted by Gasteiger charge is 2.13. The largest absolute Gasteiger partial charge is 0.382 e. The van der Waals surface area contributed by atoms with Crippen LogP contribution < -0.4 is 16.0 Å². The van der Waals surface area contributed by atoms with Gasteiger partial charge in [-0.1, -0.05) is 0 Å². The first-order valence-corrected chi connectivity index (χ1v) is 5.94. The van der Waals surface area contributed by atoms with Gasteiger partial charge in [0.2, 0.25) is 5.91 Å². The quantitative estimate of drug-likeness (QED) is 0.486. The van der Waals surface area contributed by atoms with Gasteiger partial charge in [-0.2, -0.15) is 0 Å². The minimum absolute atomic E-state index is 0.352. The van der Waals surface area contributed by atoms with Crippen molar-refractivity contribution in [3.8, 4) is 0 Å². The Labute approximate surface area is 108 Å². The van der Waals surface area contributed by atoms with E-state index < -0.39 is 12.1 Å². The number of amides is 3. The number of hydrogen-bond acceptors (Lipinski definition) is 5. The summed E-state index contributed by atoms with van der Waals surface area (Å²) in [4.78, 5) is 22.3. The molecule has 0 aliphatic heterocycles. The van der Waals surface area contributed by atoms with Gasteiger partial charge in [0.1, 0.15) is 0 Å². The molecule has 0 aliphatic carbocycles. The predicted octanol–water partition coefficient (Wildman–Crippen LogP) is -0.527. The number of carbonyl (C=O) groups is 2. The van der Waals surface area contributed by atoms with Gasteiger partial charge in [-0.15, -0.1) is 0 Å². The van der Waals surface area contributed by atoms with Gasteiger partial charge in [-0.25, -0.2) is 4.79 Å². The molecule has 1 unspecified atom stereocenters. The van der Waals surface area contributed by atoms with Crippen LogP contribution in [0.1, 0.15) is 13.3 Å². The molecule has 0 aromatic heterocycles. The summed E-state index contributed by atoms with van der Waals surface area (Å²) in [6.45, 7) is 4.11. The number of nitrogens with one attached hydrogen (secondary N) is 3. The van der Waals surface area contributed by atoms with E-state index in [0.29, 0.717) is 26.4 Å². The molecule has 0 fully saturated rings. The van der Waals surface area contributed by atoms with E-state index in [9.17, 15) is 9.59 Å². The molecule has 0 heterocycles. The molecule has 0 radical (unpaired) electrons. The maximum atomic E-state index is 11.4. The summed E-state index contributed by atoms with van der Waals surface area (Å²) in [6, 6.07) is -0.919. The summed E-state index contributed by atoms with van der Waals surface area (Å²) in [5, 5.41) is 7.51. The first kappa shape index (κ1) is 16.8. The predicted molar refractivity (Wildman–Crippen MR) is 67.4 cm³/mol. The Kier molecular flexibility index (Phi) is 10.2. The lowest BCUT2D eigenvalue weighted by Crippen LogP contribution is -2.47. The van der Waals surface area contributed by atoms with Crippen molar-refractivity contribution in [3.05, 3.63) is 0 Å². The Morgan fingerprint density at radius 2 is 1.94 bits per heavy atom. The van der Waals surface area contributed by atoms with E-state index in [1.54, 1.807) is 14.0 Å². The highest BCUT2D eigenvalue weighted by atomic mass is 16.5. The van der Waals surface area contributed by atoms with Crippen LogP contribution in [0.4, 0.5) is 4.79 Å². The second-order valence-corrected chi connectivity index (χ2v) is 3.70. The van der Waals surface area contributed by atoms with Crippen molar-refractivity contribution in [1.29, 1.82) is 0 Å². The van der Waals surface area contributed by atoms with Crippen LogP contribution in [0.25, 0.3) is 0 Å². The fourth-order valence-electron chi connectivity index (χ4n) is 1.11. The van der Waals surface area contributed by atoms with Crippen molar-refractivity contribution < 1.29 is 19.1 Å². The van der Waals surface area contributed by atoms with Gasteiger partial charge in [0.25, 0.3) is 0 Å². The zero-order valence-electron chi connectivity index (χ0n) is 11.2. The van der Waals surface area contributed by atoms with Gasteiger partial charge in [-0.05, 0) is 19.9 Å². The molecule has 3 amide bonds. The molecule has 0 saturated heterocycles. The minimum atomic E-state index is -0.503. The number of methoxy groups -OCH3 is 1. The Bertz CT molecular complexity index is 248. The van der Waals surface area contributed by atoms with E-state index in [2.05, 4.69) is 16.0 Å². The van der Waals surface area contributed by atoms with Gasteiger partial charge in [-0.3, -0.25) is 10.1 Å². The van der Waals surface area contributed by atoms with Crippen molar-refractivity contribution in [2.45, 2.75) is 19.4 Å². The van der Waals surface area contributed by atoms with E-state index in [1.807, 2.05) is 0 Å². The molecule has 0 aliphatic rings. The highest BCUT2D eigenvalue weighted by molar-refractivity contribution is 5.96. The maximum Gasteiger partial charge on any atom is 0.321 e. The van der Waals surface area contributed by atoms with Crippen LogP contribution in [0.3, 0.4) is 0 Å². The lowest BCUT2D eigenvalue weighted by Gasteiger charge is -2.13. The second-order valence-electron chi connectivity index (χ2n) is 3.70. The Morgan fingerprint density at radius 1 is 1.22 bits per heavy atom. The third-order valence-corrected chi connectivity index (χ3v) is 2.20. The molecule has 0 spiro atoms. The van der Waals surface area contributed by atoms with Crippen LogP contribution in [0.2, 0.25) is 0 Å². The van der Waals surface area contributed by atoms with Crippen LogP contribution >= 0.6 is 0 Å². The second kappa shape index (κ2) is 10.9. The number of hydrogen-bond donors (Lipinski definition) is 3. The van der Waals surface area contributed by atoms with Gasteiger partial charge in [0.15, 0.2) is 0 Å². The number of carbonyl (C=O) groups excluding carboxylic acids is 2. The Balaban J connectivity index is 3.49. The maximum absolute atomic E-state index is 11.4. The van der Waals surface area contributed by atoms with Gasteiger partial charge in [0.05, 0.1) is 19.3 Å². The van der Waals surface area contributed by atoms with Crippen molar-refractivity contribution in [3.63, 3.8) is 0 Å². The van der Waals surface area contributed by atoms with Crippen LogP contribution in [0.5, 0.6) is 0 Å². The molecule has 3 N–H and O–H groups in total. The molecular weight excluding hydrogens is 238 g/mol. The molecule has 0 aromatic rings. The normalized spacial score (nSPS) is 11.9. The average molecular weight is 261 g/mol. The summed E-state index contributed by atoms with van der Waals surface area (Å²) in [5.74, 6) is -0.352. The first-order valence-electron chi connectivity index (χ1n) is 5.94. The lowest BCUT2D eigenvalue weighted by atomic mass is 10.3. The third-order valence-electron chi connectivity index (χ3n) is 2.20. The van der Waals surface area contributed by atoms with Crippen molar-refractivity contribution in [1.82, 2.24) is 16.0 Å². The summed E-state index contributed by atoms with van der Waals surface area (Å²) in [5.41, 5.74) is 0. The van der Waals surface area contributed by atoms with Crippen LogP contribution in [-0.2, 0) is 14.3 Å². The first-order chi connectivity index (χ1) is 8.61. The molecule has 7 heteroatoms.